The second-order valence-corrected chi connectivity index (χ2v) is 3.81. The summed E-state index contributed by atoms with van der Waals surface area (Å²) in [6.45, 7) is 0. The highest BCUT2D eigenvalue weighted by molar-refractivity contribution is 14.1. The Morgan fingerprint density at radius 1 is 1.65 bits per heavy atom. The first kappa shape index (κ1) is 13.7. The molecule has 0 aliphatic rings. The van der Waals surface area contributed by atoms with Gasteiger partial charge in [-0.15, -0.1) is 0 Å². The summed E-state index contributed by atoms with van der Waals surface area (Å²) in [4.78, 5) is 24.3. The highest BCUT2D eigenvalue weighted by Gasteiger charge is 2.28. The Labute approximate surface area is 107 Å². The number of esters is 1. The number of ether oxygens (including phenoxy) is 1. The number of halogens is 3. The summed E-state index contributed by atoms with van der Waals surface area (Å²) < 4.78 is 29.3. The van der Waals surface area contributed by atoms with Gasteiger partial charge in [0.1, 0.15) is 5.56 Å². The van der Waals surface area contributed by atoms with Crippen molar-refractivity contribution in [2.75, 3.05) is 7.11 Å². The normalized spacial score (nSPS) is 10.4. The third kappa shape index (κ3) is 2.84. The number of rotatable bonds is 3. The zero-order valence-electron chi connectivity index (χ0n) is 8.32. The fourth-order valence-electron chi connectivity index (χ4n) is 1.08. The largest absolute Gasteiger partial charge is 0.464 e. The minimum absolute atomic E-state index is 0.286. The molecule has 92 valence electrons. The van der Waals surface area contributed by atoms with Gasteiger partial charge in [-0.05, 0) is 28.7 Å². The summed E-state index contributed by atoms with van der Waals surface area (Å²) in [7, 11) is 1.06. The molecule has 17 heavy (non-hydrogen) atoms. The van der Waals surface area contributed by atoms with Crippen LogP contribution < -0.4 is 0 Å². The highest BCUT2D eigenvalue weighted by Crippen LogP contribution is 2.32. The second-order valence-electron chi connectivity index (χ2n) is 2.79. The van der Waals surface area contributed by atoms with E-state index in [0.29, 0.717) is 6.07 Å². The standard InChI is InChI=1S/C8H5F2IN2O4/c1-17-8(14)4-2-3(6(9)10)5(13(15)16)7(11)12-4/h2,6H,1H3. The molecule has 0 saturated carbocycles. The zero-order chi connectivity index (χ0) is 13.2. The molecule has 0 radical (unpaired) electrons. The van der Waals surface area contributed by atoms with Crippen molar-refractivity contribution in [2.45, 2.75) is 6.43 Å². The number of carbonyl (C=O) groups is 1. The van der Waals surface area contributed by atoms with E-state index < -0.39 is 34.3 Å². The molecule has 6 nitrogen and oxygen atoms in total. The number of methoxy groups -OCH3 is 1. The number of carbonyl (C=O) groups excluding carboxylic acids is 1. The van der Waals surface area contributed by atoms with Gasteiger partial charge in [-0.1, -0.05) is 0 Å². The van der Waals surface area contributed by atoms with Crippen molar-refractivity contribution >= 4 is 34.2 Å². The van der Waals surface area contributed by atoms with Gasteiger partial charge in [-0.2, -0.15) is 0 Å². The summed E-state index contributed by atoms with van der Waals surface area (Å²) in [5.41, 5.74) is -2.04. The fraction of sp³-hybridized carbons (Fsp3) is 0.250. The van der Waals surface area contributed by atoms with Crippen molar-refractivity contribution in [2.24, 2.45) is 0 Å². The first-order chi connectivity index (χ1) is 7.88. The highest BCUT2D eigenvalue weighted by atomic mass is 127. The van der Waals surface area contributed by atoms with E-state index in [4.69, 9.17) is 0 Å². The summed E-state index contributed by atoms with van der Waals surface area (Å²) in [5, 5.41) is 10.6. The van der Waals surface area contributed by atoms with E-state index in [9.17, 15) is 23.7 Å². The van der Waals surface area contributed by atoms with Gasteiger partial charge in [0.15, 0.2) is 9.39 Å². The van der Waals surface area contributed by atoms with Crippen LogP contribution in [0.15, 0.2) is 6.07 Å². The molecular weight excluding hydrogens is 353 g/mol. The van der Waals surface area contributed by atoms with Gasteiger partial charge in [0.25, 0.3) is 6.43 Å². The van der Waals surface area contributed by atoms with Crippen molar-refractivity contribution < 1.29 is 23.2 Å². The maximum absolute atomic E-state index is 12.6. The lowest BCUT2D eigenvalue weighted by Crippen LogP contribution is -2.09. The molecular formula is C8H5F2IN2O4. The van der Waals surface area contributed by atoms with Crippen LogP contribution >= 0.6 is 22.6 Å². The van der Waals surface area contributed by atoms with Crippen LogP contribution in [0.2, 0.25) is 0 Å². The summed E-state index contributed by atoms with van der Waals surface area (Å²) in [6, 6.07) is 0.663. The third-order valence-corrected chi connectivity index (χ3v) is 2.54. The minimum atomic E-state index is -3.07. The van der Waals surface area contributed by atoms with Gasteiger partial charge < -0.3 is 4.74 Å². The molecule has 0 aliphatic heterocycles. The molecule has 0 fully saturated rings. The van der Waals surface area contributed by atoms with Crippen molar-refractivity contribution in [1.29, 1.82) is 0 Å². The number of hydrogen-bond donors (Lipinski definition) is 0. The molecule has 0 amide bonds. The van der Waals surface area contributed by atoms with Crippen molar-refractivity contribution in [3.8, 4) is 0 Å². The molecule has 1 heterocycles. The van der Waals surface area contributed by atoms with E-state index in [0.717, 1.165) is 7.11 Å². The lowest BCUT2D eigenvalue weighted by atomic mass is 10.2. The zero-order valence-corrected chi connectivity index (χ0v) is 10.5. The summed E-state index contributed by atoms with van der Waals surface area (Å²) in [6.07, 6.45) is -3.07. The second kappa shape index (κ2) is 5.29. The van der Waals surface area contributed by atoms with Crippen molar-refractivity contribution in [1.82, 2.24) is 4.98 Å². The van der Waals surface area contributed by atoms with Gasteiger partial charge >= 0.3 is 11.7 Å². The predicted octanol–water partition coefficient (Wildman–Crippen LogP) is 2.32. The monoisotopic (exact) mass is 358 g/mol. The van der Waals surface area contributed by atoms with E-state index in [1.165, 1.54) is 22.6 Å². The van der Waals surface area contributed by atoms with Crippen LogP contribution in [0.1, 0.15) is 22.5 Å². The van der Waals surface area contributed by atoms with Crippen LogP contribution in [0.5, 0.6) is 0 Å². The Balaban J connectivity index is 3.46. The molecule has 9 heteroatoms. The molecule has 0 bridgehead atoms. The summed E-state index contributed by atoms with van der Waals surface area (Å²) >= 11 is 1.42. The Hall–Kier alpha value is -1.39. The fourth-order valence-corrected chi connectivity index (χ4v) is 1.85. The molecule has 0 spiro atoms. The van der Waals surface area contributed by atoms with Crippen molar-refractivity contribution in [3.63, 3.8) is 0 Å². The van der Waals surface area contributed by atoms with Gasteiger partial charge in [0, 0.05) is 0 Å². The summed E-state index contributed by atoms with van der Waals surface area (Å²) in [5.74, 6) is -0.931. The number of aromatic nitrogens is 1. The van der Waals surface area contributed by atoms with E-state index in [1.807, 2.05) is 0 Å². The Morgan fingerprint density at radius 2 is 2.24 bits per heavy atom. The molecule has 0 aliphatic carbocycles. The molecule has 1 rings (SSSR count). The average Bonchev–Trinajstić information content (AvgIpc) is 2.26. The lowest BCUT2D eigenvalue weighted by molar-refractivity contribution is -0.387. The SMILES string of the molecule is COC(=O)c1cc(C(F)F)c([N+](=O)[O-])c(I)n1. The van der Waals surface area contributed by atoms with Gasteiger partial charge in [-0.3, -0.25) is 10.1 Å². The molecule has 1 aromatic rings. The van der Waals surface area contributed by atoms with Crippen LogP contribution in [0.25, 0.3) is 0 Å². The quantitative estimate of drug-likeness (QED) is 0.272. The number of nitrogens with zero attached hydrogens (tertiary/aromatic N) is 2. The van der Waals surface area contributed by atoms with Crippen LogP contribution in [0, 0.1) is 13.8 Å². The van der Waals surface area contributed by atoms with E-state index in [-0.39, 0.29) is 3.70 Å². The van der Waals surface area contributed by atoms with Crippen LogP contribution in [0.3, 0.4) is 0 Å². The first-order valence-electron chi connectivity index (χ1n) is 4.09. The minimum Gasteiger partial charge on any atom is -0.464 e. The molecule has 0 N–H and O–H groups in total. The Kier molecular flexibility index (Phi) is 4.26. The number of pyridine rings is 1. The van der Waals surface area contributed by atoms with Crippen molar-refractivity contribution in [3.05, 3.63) is 31.1 Å². The maximum atomic E-state index is 12.6. The van der Waals surface area contributed by atoms with Gasteiger partial charge in [0.05, 0.1) is 12.0 Å². The third-order valence-electron chi connectivity index (χ3n) is 1.79. The number of alkyl halides is 2. The van der Waals surface area contributed by atoms with Crippen LogP contribution in [-0.4, -0.2) is 23.0 Å². The molecule has 0 atom stereocenters. The predicted molar refractivity (Wildman–Crippen MR) is 59.9 cm³/mol. The molecule has 0 aromatic carbocycles. The van der Waals surface area contributed by atoms with E-state index in [1.54, 1.807) is 0 Å². The first-order valence-corrected chi connectivity index (χ1v) is 5.17. The number of nitro groups is 1. The van der Waals surface area contributed by atoms with E-state index >= 15 is 0 Å². The maximum Gasteiger partial charge on any atom is 0.356 e. The van der Waals surface area contributed by atoms with E-state index in [2.05, 4.69) is 9.72 Å². The topological polar surface area (TPSA) is 82.3 Å². The smallest absolute Gasteiger partial charge is 0.356 e. The molecule has 0 saturated heterocycles. The molecule has 0 unspecified atom stereocenters. The van der Waals surface area contributed by atoms with Crippen LogP contribution in [0.4, 0.5) is 14.5 Å². The Bertz CT molecular complexity index is 481. The Morgan fingerprint density at radius 3 is 2.65 bits per heavy atom. The number of hydrogen-bond acceptors (Lipinski definition) is 5. The average molecular weight is 358 g/mol. The van der Waals surface area contributed by atoms with Gasteiger partial charge in [-0.25, -0.2) is 18.6 Å². The van der Waals surface area contributed by atoms with Gasteiger partial charge in [0.2, 0.25) is 0 Å². The van der Waals surface area contributed by atoms with Crippen LogP contribution in [-0.2, 0) is 4.74 Å². The molecule has 1 aromatic heterocycles. The lowest BCUT2D eigenvalue weighted by Gasteiger charge is -2.05.